The average molecular weight is 209 g/mol. The molecule has 0 amide bonds. The summed E-state index contributed by atoms with van der Waals surface area (Å²) in [7, 11) is 0. The van der Waals surface area contributed by atoms with Gasteiger partial charge in [-0.15, -0.1) is 0 Å². The lowest BCUT2D eigenvalue weighted by Gasteiger charge is -2.33. The Morgan fingerprint density at radius 1 is 1.40 bits per heavy atom. The second kappa shape index (κ2) is 4.65. The number of carbonyl (C=O) groups is 1. The van der Waals surface area contributed by atoms with Gasteiger partial charge in [-0.2, -0.15) is 0 Å². The van der Waals surface area contributed by atoms with E-state index in [9.17, 15) is 4.79 Å². The van der Waals surface area contributed by atoms with E-state index in [2.05, 4.69) is 19.2 Å². The highest BCUT2D eigenvalue weighted by atomic mass is 16.1. The molecule has 2 heteroatoms. The van der Waals surface area contributed by atoms with Crippen LogP contribution in [0, 0.1) is 17.8 Å². The van der Waals surface area contributed by atoms with Gasteiger partial charge < -0.3 is 5.32 Å². The van der Waals surface area contributed by atoms with Gasteiger partial charge in [0.15, 0.2) is 0 Å². The lowest BCUT2D eigenvalue weighted by molar-refractivity contribution is -0.125. The van der Waals surface area contributed by atoms with Crippen LogP contribution in [0.15, 0.2) is 0 Å². The zero-order valence-electron chi connectivity index (χ0n) is 9.96. The minimum Gasteiger partial charge on any atom is -0.313 e. The van der Waals surface area contributed by atoms with Crippen molar-refractivity contribution in [2.45, 2.75) is 52.0 Å². The third-order valence-corrected chi connectivity index (χ3v) is 3.97. The molecule has 1 aliphatic heterocycles. The second-order valence-electron chi connectivity index (χ2n) is 5.38. The zero-order valence-corrected chi connectivity index (χ0v) is 9.96. The topological polar surface area (TPSA) is 29.1 Å². The molecule has 0 bridgehead atoms. The van der Waals surface area contributed by atoms with E-state index >= 15 is 0 Å². The first-order valence-corrected chi connectivity index (χ1v) is 6.49. The number of Topliss-reactive ketones (excluding diaryl/α,β-unsaturated/α-hetero) is 1. The van der Waals surface area contributed by atoms with E-state index in [1.54, 1.807) is 0 Å². The highest BCUT2D eigenvalue weighted by Crippen LogP contribution is 2.35. The third kappa shape index (κ3) is 2.60. The molecule has 3 unspecified atom stereocenters. The van der Waals surface area contributed by atoms with Gasteiger partial charge in [-0.05, 0) is 44.6 Å². The molecule has 2 fully saturated rings. The fourth-order valence-electron chi connectivity index (χ4n) is 2.81. The van der Waals surface area contributed by atoms with Crippen molar-refractivity contribution in [2.75, 3.05) is 6.54 Å². The van der Waals surface area contributed by atoms with Gasteiger partial charge in [0.25, 0.3) is 0 Å². The van der Waals surface area contributed by atoms with Gasteiger partial charge in [0.2, 0.25) is 0 Å². The van der Waals surface area contributed by atoms with Crippen LogP contribution in [-0.2, 0) is 4.79 Å². The molecule has 0 spiro atoms. The Morgan fingerprint density at radius 3 is 2.67 bits per heavy atom. The average Bonchev–Trinajstić information content (AvgIpc) is 3.02. The first-order chi connectivity index (χ1) is 7.22. The number of rotatable bonds is 4. The van der Waals surface area contributed by atoms with E-state index < -0.39 is 0 Å². The van der Waals surface area contributed by atoms with Crippen LogP contribution < -0.4 is 5.32 Å². The molecular formula is C13H23NO. The maximum absolute atomic E-state index is 12.1. The van der Waals surface area contributed by atoms with Crippen molar-refractivity contribution in [1.82, 2.24) is 5.32 Å². The molecule has 1 heterocycles. The van der Waals surface area contributed by atoms with Crippen LogP contribution >= 0.6 is 0 Å². The third-order valence-electron chi connectivity index (χ3n) is 3.97. The number of hydrogen-bond donors (Lipinski definition) is 1. The summed E-state index contributed by atoms with van der Waals surface area (Å²) in [6, 6.07) is 0.465. The van der Waals surface area contributed by atoms with Gasteiger partial charge in [-0.25, -0.2) is 0 Å². The number of hydrogen-bond acceptors (Lipinski definition) is 2. The predicted octanol–water partition coefficient (Wildman–Crippen LogP) is 2.38. The van der Waals surface area contributed by atoms with Crippen molar-refractivity contribution < 1.29 is 4.79 Å². The lowest BCUT2D eigenvalue weighted by atomic mass is 9.82. The monoisotopic (exact) mass is 209 g/mol. The Morgan fingerprint density at radius 2 is 2.13 bits per heavy atom. The van der Waals surface area contributed by atoms with E-state index in [0.29, 0.717) is 23.7 Å². The highest BCUT2D eigenvalue weighted by Gasteiger charge is 2.38. The number of piperidine rings is 1. The van der Waals surface area contributed by atoms with Crippen LogP contribution in [0.25, 0.3) is 0 Å². The van der Waals surface area contributed by atoms with Crippen molar-refractivity contribution in [3.63, 3.8) is 0 Å². The maximum atomic E-state index is 12.1. The summed E-state index contributed by atoms with van der Waals surface area (Å²) in [4.78, 5) is 12.1. The molecule has 1 saturated heterocycles. The summed E-state index contributed by atoms with van der Waals surface area (Å²) >= 11 is 0. The quantitative estimate of drug-likeness (QED) is 0.770. The summed E-state index contributed by atoms with van der Waals surface area (Å²) in [5, 5.41) is 3.54. The van der Waals surface area contributed by atoms with Crippen LogP contribution in [0.5, 0.6) is 0 Å². The van der Waals surface area contributed by atoms with Crippen molar-refractivity contribution in [2.24, 2.45) is 17.8 Å². The Hall–Kier alpha value is -0.370. The van der Waals surface area contributed by atoms with Crippen molar-refractivity contribution in [3.8, 4) is 0 Å². The van der Waals surface area contributed by atoms with Gasteiger partial charge in [-0.1, -0.05) is 13.8 Å². The van der Waals surface area contributed by atoms with Crippen molar-refractivity contribution in [3.05, 3.63) is 0 Å². The molecule has 1 N–H and O–H groups in total. The summed E-state index contributed by atoms with van der Waals surface area (Å²) in [6.07, 6.45) is 5.77. The molecule has 1 aliphatic carbocycles. The first kappa shape index (κ1) is 11.1. The van der Waals surface area contributed by atoms with E-state index in [0.717, 1.165) is 31.7 Å². The van der Waals surface area contributed by atoms with Gasteiger partial charge in [-0.3, -0.25) is 4.79 Å². The fourth-order valence-corrected chi connectivity index (χ4v) is 2.81. The van der Waals surface area contributed by atoms with Crippen LogP contribution in [0.1, 0.15) is 46.0 Å². The summed E-state index contributed by atoms with van der Waals surface area (Å²) in [6.45, 7) is 5.56. The molecule has 2 nitrogen and oxygen atoms in total. The summed E-state index contributed by atoms with van der Waals surface area (Å²) in [5.74, 6) is 2.05. The Bertz CT molecular complexity index is 235. The van der Waals surface area contributed by atoms with E-state index in [1.807, 2.05) is 0 Å². The minimum absolute atomic E-state index is 0.292. The van der Waals surface area contributed by atoms with Crippen LogP contribution in [0.2, 0.25) is 0 Å². The van der Waals surface area contributed by atoms with Crippen molar-refractivity contribution in [1.29, 1.82) is 0 Å². The number of nitrogens with one attached hydrogen (secondary N) is 1. The molecule has 0 radical (unpaired) electrons. The maximum Gasteiger partial charge on any atom is 0.140 e. The first-order valence-electron chi connectivity index (χ1n) is 6.49. The normalized spacial score (nSPS) is 33.7. The summed E-state index contributed by atoms with van der Waals surface area (Å²) in [5.41, 5.74) is 0. The molecule has 15 heavy (non-hydrogen) atoms. The molecule has 86 valence electrons. The Labute approximate surface area is 92.8 Å². The van der Waals surface area contributed by atoms with E-state index in [-0.39, 0.29) is 0 Å². The zero-order chi connectivity index (χ0) is 10.8. The standard InChI is InChI=1S/C13H23NO/c1-3-11(13(15)10-4-5-10)12-8-9(2)6-7-14-12/h9-12,14H,3-8H2,1-2H3. The van der Waals surface area contributed by atoms with Crippen LogP contribution in [0.4, 0.5) is 0 Å². The molecule has 0 aromatic heterocycles. The van der Waals surface area contributed by atoms with Gasteiger partial charge in [0.05, 0.1) is 0 Å². The van der Waals surface area contributed by atoms with E-state index in [1.165, 1.54) is 12.8 Å². The number of ketones is 1. The van der Waals surface area contributed by atoms with Gasteiger partial charge in [0.1, 0.15) is 5.78 Å². The molecule has 1 saturated carbocycles. The largest absolute Gasteiger partial charge is 0.313 e. The number of carbonyl (C=O) groups excluding carboxylic acids is 1. The molecule has 0 aromatic rings. The van der Waals surface area contributed by atoms with Crippen LogP contribution in [0.3, 0.4) is 0 Å². The molecule has 2 aliphatic rings. The minimum atomic E-state index is 0.292. The van der Waals surface area contributed by atoms with Crippen LogP contribution in [-0.4, -0.2) is 18.4 Å². The van der Waals surface area contributed by atoms with Gasteiger partial charge in [0, 0.05) is 17.9 Å². The van der Waals surface area contributed by atoms with Crippen molar-refractivity contribution >= 4 is 5.78 Å². The highest BCUT2D eigenvalue weighted by molar-refractivity contribution is 5.86. The predicted molar refractivity (Wildman–Crippen MR) is 61.7 cm³/mol. The molecule has 3 atom stereocenters. The second-order valence-corrected chi connectivity index (χ2v) is 5.38. The molecular weight excluding hydrogens is 186 g/mol. The summed E-state index contributed by atoms with van der Waals surface area (Å²) < 4.78 is 0. The lowest BCUT2D eigenvalue weighted by Crippen LogP contribution is -2.45. The molecule has 0 aromatic carbocycles. The fraction of sp³-hybridized carbons (Fsp3) is 0.923. The SMILES string of the molecule is CCC(C(=O)C1CC1)C1CC(C)CCN1. The Kier molecular flexibility index (Phi) is 3.45. The molecule has 2 rings (SSSR count). The van der Waals surface area contributed by atoms with E-state index in [4.69, 9.17) is 0 Å². The Balaban J connectivity index is 1.95. The van der Waals surface area contributed by atoms with Gasteiger partial charge >= 0.3 is 0 Å². The smallest absolute Gasteiger partial charge is 0.140 e.